The largest absolute Gasteiger partial charge is 0.468 e. The maximum Gasteiger partial charge on any atom is 0.410 e. The Morgan fingerprint density at radius 2 is 1.55 bits per heavy atom. The average molecular weight is 1300 g/mol. The van der Waals surface area contributed by atoms with Gasteiger partial charge in [0.05, 0.1) is 40.4 Å². The number of hydrogen-bond donors (Lipinski definition) is 1. The van der Waals surface area contributed by atoms with Crippen molar-refractivity contribution >= 4 is 76.8 Å². The van der Waals surface area contributed by atoms with E-state index in [1.165, 1.54) is 18.1 Å². The van der Waals surface area contributed by atoms with Crippen LogP contribution in [0.25, 0.3) is 32.9 Å². The van der Waals surface area contributed by atoms with Gasteiger partial charge in [0.25, 0.3) is 5.91 Å². The van der Waals surface area contributed by atoms with Crippen LogP contribution >= 0.6 is 11.6 Å². The normalized spacial score (nSPS) is 20.0. The number of anilines is 2. The SMILES string of the molecule is COCOc1cc(-c2ncc3c(N4CC5CCC(C4)N5C(=O)OC(C)(C)C)nc(OCC4(CN5CCC(COCCC6CCN(C(=O)c7ccc(Cl)c(N8CCC(=O)NC8=O)c7)CC6)CC5)CC4)nc3c2F)c2c(C#C[Si](C(C)C)(C(C)C)C(C)C)c(F)ccc2c1. The minimum Gasteiger partial charge on any atom is -0.468 e. The number of hydrogen-bond acceptors (Lipinski definition) is 14. The molecule has 494 valence electrons. The molecule has 11 rings (SSSR count). The fraction of sp³-hybridized carbons (Fsp3) is 0.586. The molecule has 6 fully saturated rings. The van der Waals surface area contributed by atoms with Crippen LogP contribution in [-0.2, 0) is 19.0 Å². The predicted molar refractivity (Wildman–Crippen MR) is 355 cm³/mol. The van der Waals surface area contributed by atoms with Crippen molar-refractivity contribution < 1.29 is 51.6 Å². The second kappa shape index (κ2) is 27.7. The summed E-state index contributed by atoms with van der Waals surface area (Å²) in [6.45, 7) is 25.6. The number of methoxy groups -OCH3 is 1. The molecule has 92 heavy (non-hydrogen) atoms. The van der Waals surface area contributed by atoms with E-state index in [2.05, 4.69) is 68.1 Å². The number of likely N-dealkylation sites (tertiary alicyclic amines) is 2. The van der Waals surface area contributed by atoms with Crippen LogP contribution in [0.15, 0.2) is 48.7 Å². The number of ether oxygens (including phenoxy) is 5. The summed E-state index contributed by atoms with van der Waals surface area (Å²) in [5.74, 6) is 3.45. The quantitative estimate of drug-likeness (QED) is 0.0336. The number of benzene rings is 3. The Labute approximate surface area is 545 Å². The van der Waals surface area contributed by atoms with Crippen LogP contribution < -0.4 is 24.6 Å². The number of amides is 5. The van der Waals surface area contributed by atoms with Crippen molar-refractivity contribution in [1.29, 1.82) is 0 Å². The summed E-state index contributed by atoms with van der Waals surface area (Å²) in [6, 6.07) is 10.7. The lowest BCUT2D eigenvalue weighted by Gasteiger charge is -2.42. The number of piperazine rings is 1. The molecular weight excluding hydrogens is 1210 g/mol. The fourth-order valence-electron chi connectivity index (χ4n) is 15.0. The van der Waals surface area contributed by atoms with Crippen molar-refractivity contribution in [3.63, 3.8) is 0 Å². The Balaban J connectivity index is 0.771. The molecular formula is C70H90ClF2N9O9Si. The predicted octanol–water partition coefficient (Wildman–Crippen LogP) is 13.2. The van der Waals surface area contributed by atoms with Gasteiger partial charge in [-0.15, -0.1) is 5.54 Å². The lowest BCUT2D eigenvalue weighted by molar-refractivity contribution is -0.120. The first-order valence-corrected chi connectivity index (χ1v) is 35.7. The zero-order chi connectivity index (χ0) is 65.4. The van der Waals surface area contributed by atoms with Crippen LogP contribution in [0.5, 0.6) is 11.8 Å². The molecule has 2 bridgehead atoms. The third-order valence-electron chi connectivity index (χ3n) is 20.1. The lowest BCUT2D eigenvalue weighted by atomic mass is 9.93. The molecule has 6 aliphatic rings. The van der Waals surface area contributed by atoms with Gasteiger partial charge in [0, 0.05) is 94.1 Å². The zero-order valence-corrected chi connectivity index (χ0v) is 56.9. The molecule has 0 radical (unpaired) electrons. The number of imide groups is 1. The molecule has 2 unspecified atom stereocenters. The molecule has 2 atom stereocenters. The summed E-state index contributed by atoms with van der Waals surface area (Å²) in [4.78, 5) is 76.1. The Kier molecular flexibility index (Phi) is 20.1. The van der Waals surface area contributed by atoms with Gasteiger partial charge in [0.15, 0.2) is 12.6 Å². The lowest BCUT2D eigenvalue weighted by Crippen LogP contribution is -2.57. The van der Waals surface area contributed by atoms with Gasteiger partial charge < -0.3 is 38.4 Å². The average Bonchev–Trinajstić information content (AvgIpc) is 0.816. The summed E-state index contributed by atoms with van der Waals surface area (Å²) < 4.78 is 65.1. The summed E-state index contributed by atoms with van der Waals surface area (Å²) in [6.07, 6.45) is 9.65. The first-order chi connectivity index (χ1) is 43.9. The number of pyridine rings is 1. The third kappa shape index (κ3) is 14.3. The Hall–Kier alpha value is -6.70. The van der Waals surface area contributed by atoms with Gasteiger partial charge in [-0.1, -0.05) is 65.1 Å². The van der Waals surface area contributed by atoms with E-state index < -0.39 is 31.3 Å². The van der Waals surface area contributed by atoms with E-state index in [1.54, 1.807) is 42.6 Å². The molecule has 18 nitrogen and oxygen atoms in total. The van der Waals surface area contributed by atoms with Crippen LogP contribution in [0.1, 0.15) is 142 Å². The summed E-state index contributed by atoms with van der Waals surface area (Å²) >= 11 is 6.45. The molecule has 22 heteroatoms. The van der Waals surface area contributed by atoms with Gasteiger partial charge in [-0.2, -0.15) is 9.97 Å². The molecule has 3 aromatic carbocycles. The maximum atomic E-state index is 18.3. The van der Waals surface area contributed by atoms with Crippen LogP contribution in [0.4, 0.5) is 29.9 Å². The Morgan fingerprint density at radius 3 is 2.21 bits per heavy atom. The van der Waals surface area contributed by atoms with Crippen molar-refractivity contribution in [3.8, 4) is 34.5 Å². The molecule has 1 saturated carbocycles. The third-order valence-corrected chi connectivity index (χ3v) is 26.7. The van der Waals surface area contributed by atoms with E-state index in [4.69, 9.17) is 50.2 Å². The van der Waals surface area contributed by atoms with E-state index in [0.29, 0.717) is 124 Å². The number of piperidine rings is 2. The van der Waals surface area contributed by atoms with E-state index in [1.807, 2.05) is 30.6 Å². The number of urea groups is 1. The van der Waals surface area contributed by atoms with Crippen LogP contribution in [0, 0.1) is 40.3 Å². The van der Waals surface area contributed by atoms with E-state index in [9.17, 15) is 19.2 Å². The van der Waals surface area contributed by atoms with Crippen molar-refractivity contribution in [3.05, 3.63) is 76.4 Å². The molecule has 5 aliphatic heterocycles. The van der Waals surface area contributed by atoms with Gasteiger partial charge >= 0.3 is 18.1 Å². The Bertz CT molecular complexity index is 3610. The number of carbonyl (C=O) groups excluding carboxylic acids is 4. The summed E-state index contributed by atoms with van der Waals surface area (Å²) in [5.41, 5.74) is 5.08. The monoisotopic (exact) mass is 1300 g/mol. The highest BCUT2D eigenvalue weighted by Gasteiger charge is 2.48. The standard InChI is InChI=1S/C70H90ClF2N9O9Si/c1-43(2)92(44(3)4,45(5)6)32-23-53-57(72)16-12-48-33-52(90-42-87-10)35-54(60(48)53)62-61(73)63-55(36-74-62)64(80-37-50-13-14-51(38-80)82(50)68(86)91-69(7,8)9)77-66(76-63)89-41-70(24-25-70)40-78-26-17-47(18-27-78)39-88-31-22-46-19-28-79(29-20-46)65(84)49-11-15-56(71)58(34-49)81-30-21-59(83)75-67(81)85/h11-12,15-16,33-36,43-47,50-51H,13-14,17-22,24-31,37-42H2,1-10H3,(H,75,83,85). The number of rotatable bonds is 20. The summed E-state index contributed by atoms with van der Waals surface area (Å²) in [7, 11) is -0.838. The first kappa shape index (κ1) is 66.7. The molecule has 2 aromatic heterocycles. The molecule has 5 aromatic rings. The van der Waals surface area contributed by atoms with Gasteiger partial charge in [0.2, 0.25) is 5.91 Å². The molecule has 0 spiro atoms. The highest BCUT2D eigenvalue weighted by atomic mass is 35.5. The molecule has 5 amide bonds. The highest BCUT2D eigenvalue weighted by Crippen LogP contribution is 2.48. The highest BCUT2D eigenvalue weighted by molar-refractivity contribution is 6.90. The second-order valence-corrected chi connectivity index (χ2v) is 34.4. The van der Waals surface area contributed by atoms with Crippen LogP contribution in [-0.4, -0.2) is 165 Å². The van der Waals surface area contributed by atoms with Crippen molar-refractivity contribution in [2.24, 2.45) is 17.3 Å². The topological polar surface area (TPSA) is 181 Å². The van der Waals surface area contributed by atoms with Crippen LogP contribution in [0.3, 0.4) is 0 Å². The smallest absolute Gasteiger partial charge is 0.410 e. The number of fused-ring (bicyclic) bond motifs is 4. The van der Waals surface area contributed by atoms with E-state index >= 15 is 8.78 Å². The molecule has 1 aliphatic carbocycles. The minimum atomic E-state index is -2.36. The number of halogens is 3. The second-order valence-electron chi connectivity index (χ2n) is 28.4. The molecule has 1 N–H and O–H groups in total. The fourth-order valence-corrected chi connectivity index (χ4v) is 20.4. The van der Waals surface area contributed by atoms with Crippen molar-refractivity contribution in [2.45, 2.75) is 161 Å². The first-order valence-electron chi connectivity index (χ1n) is 33.1. The maximum absolute atomic E-state index is 18.3. The summed E-state index contributed by atoms with van der Waals surface area (Å²) in [5, 5.41) is 4.06. The minimum absolute atomic E-state index is 0.00725. The van der Waals surface area contributed by atoms with E-state index in [-0.39, 0.29) is 77.9 Å². The van der Waals surface area contributed by atoms with Gasteiger partial charge in [-0.05, 0) is 162 Å². The molecule has 7 heterocycles. The number of nitrogens with one attached hydrogen (secondary N) is 1. The van der Waals surface area contributed by atoms with Crippen molar-refractivity contribution in [2.75, 3.05) is 95.9 Å². The zero-order valence-electron chi connectivity index (χ0n) is 55.1. The number of nitrogens with zero attached hydrogens (tertiary/aromatic N) is 8. The van der Waals surface area contributed by atoms with Gasteiger partial charge in [-0.3, -0.25) is 29.7 Å². The van der Waals surface area contributed by atoms with Crippen LogP contribution in [0.2, 0.25) is 21.6 Å². The van der Waals surface area contributed by atoms with Gasteiger partial charge in [-0.25, -0.2) is 18.4 Å². The molecule has 5 saturated heterocycles. The Morgan fingerprint density at radius 1 is 0.859 bits per heavy atom. The number of aromatic nitrogens is 3. The van der Waals surface area contributed by atoms with Crippen molar-refractivity contribution in [1.82, 2.24) is 35.0 Å². The van der Waals surface area contributed by atoms with E-state index in [0.717, 1.165) is 77.4 Å². The van der Waals surface area contributed by atoms with Gasteiger partial charge in [0.1, 0.15) is 42.3 Å². The number of carbonyl (C=O) groups is 4.